The van der Waals surface area contributed by atoms with Crippen LogP contribution < -0.4 is 5.56 Å². The summed E-state index contributed by atoms with van der Waals surface area (Å²) >= 11 is 3.10. The van der Waals surface area contributed by atoms with Gasteiger partial charge in [0.2, 0.25) is 5.56 Å². The maximum atomic E-state index is 11.1. The summed E-state index contributed by atoms with van der Waals surface area (Å²) in [5.41, 5.74) is -0.182. The van der Waals surface area contributed by atoms with Crippen molar-refractivity contribution in [2.45, 2.75) is 6.92 Å². The first-order valence-corrected chi connectivity index (χ1v) is 4.49. The van der Waals surface area contributed by atoms with Crippen LogP contribution in [-0.2, 0) is 4.74 Å². The molecule has 4 nitrogen and oxygen atoms in total. The monoisotopic (exact) mass is 245 g/mol. The highest BCUT2D eigenvalue weighted by molar-refractivity contribution is 9.10. The van der Waals surface area contributed by atoms with Crippen molar-refractivity contribution in [3.05, 3.63) is 32.7 Å². The molecular weight excluding hydrogens is 238 g/mol. The van der Waals surface area contributed by atoms with Crippen molar-refractivity contribution >= 4 is 21.9 Å². The highest BCUT2D eigenvalue weighted by Crippen LogP contribution is 2.07. The highest BCUT2D eigenvalue weighted by atomic mass is 79.9. The average molecular weight is 246 g/mol. The lowest BCUT2D eigenvalue weighted by Gasteiger charge is -2.00. The molecule has 0 aliphatic heterocycles. The summed E-state index contributed by atoms with van der Waals surface area (Å²) in [6.07, 6.45) is 0. The van der Waals surface area contributed by atoms with Crippen LogP contribution in [0.25, 0.3) is 0 Å². The van der Waals surface area contributed by atoms with Crippen LogP contribution in [0.3, 0.4) is 0 Å². The van der Waals surface area contributed by atoms with E-state index >= 15 is 0 Å². The molecule has 0 fully saturated rings. The number of ether oxygens (including phenoxy) is 1. The standard InChI is InChI=1S/C8H8BrNO3/c1-2-13-8(12)6-3-5(9)4-7(11)10-6/h3-4H,2H2,1H3,(H,10,11). The van der Waals surface area contributed by atoms with Crippen LogP contribution >= 0.6 is 15.9 Å². The van der Waals surface area contributed by atoms with Crippen LogP contribution in [0.4, 0.5) is 0 Å². The molecule has 1 N–H and O–H groups in total. The number of hydrogen-bond donors (Lipinski definition) is 1. The van der Waals surface area contributed by atoms with Crippen molar-refractivity contribution in [2.75, 3.05) is 6.61 Å². The number of nitrogens with one attached hydrogen (secondary N) is 1. The van der Waals surface area contributed by atoms with Crippen LogP contribution in [0.5, 0.6) is 0 Å². The average Bonchev–Trinajstić information content (AvgIpc) is 2.03. The van der Waals surface area contributed by atoms with Crippen molar-refractivity contribution in [1.29, 1.82) is 0 Å². The fourth-order valence-corrected chi connectivity index (χ4v) is 1.27. The Morgan fingerprint density at radius 3 is 2.85 bits per heavy atom. The molecule has 13 heavy (non-hydrogen) atoms. The van der Waals surface area contributed by atoms with Gasteiger partial charge >= 0.3 is 5.97 Å². The molecule has 0 atom stereocenters. The van der Waals surface area contributed by atoms with Gasteiger partial charge in [-0.2, -0.15) is 0 Å². The Morgan fingerprint density at radius 2 is 2.31 bits per heavy atom. The highest BCUT2D eigenvalue weighted by Gasteiger charge is 2.07. The zero-order valence-electron chi connectivity index (χ0n) is 6.96. The molecule has 1 aromatic rings. The van der Waals surface area contributed by atoms with Crippen molar-refractivity contribution in [3.63, 3.8) is 0 Å². The third kappa shape index (κ3) is 2.69. The lowest BCUT2D eigenvalue weighted by molar-refractivity contribution is 0.0519. The van der Waals surface area contributed by atoms with Crippen molar-refractivity contribution in [3.8, 4) is 0 Å². The summed E-state index contributed by atoms with van der Waals surface area (Å²) in [6.45, 7) is 1.99. The van der Waals surface area contributed by atoms with Gasteiger partial charge in [-0.15, -0.1) is 0 Å². The molecule has 0 aliphatic carbocycles. The van der Waals surface area contributed by atoms with E-state index in [9.17, 15) is 9.59 Å². The molecule has 0 saturated heterocycles. The molecule has 0 bridgehead atoms. The first kappa shape index (κ1) is 9.98. The summed E-state index contributed by atoms with van der Waals surface area (Å²) in [5.74, 6) is -0.527. The Kier molecular flexibility index (Phi) is 3.25. The van der Waals surface area contributed by atoms with Gasteiger partial charge in [0.05, 0.1) is 6.61 Å². The first-order valence-electron chi connectivity index (χ1n) is 3.70. The molecule has 0 aromatic carbocycles. The maximum absolute atomic E-state index is 11.1. The smallest absolute Gasteiger partial charge is 0.354 e. The largest absolute Gasteiger partial charge is 0.461 e. The van der Waals surface area contributed by atoms with Crippen LogP contribution in [0, 0.1) is 0 Å². The molecular formula is C8H8BrNO3. The summed E-state index contributed by atoms with van der Waals surface area (Å²) in [7, 11) is 0. The quantitative estimate of drug-likeness (QED) is 0.800. The lowest BCUT2D eigenvalue weighted by atomic mass is 10.3. The van der Waals surface area contributed by atoms with E-state index in [4.69, 9.17) is 4.74 Å². The van der Waals surface area contributed by atoms with Gasteiger partial charge in [-0.25, -0.2) is 4.79 Å². The Morgan fingerprint density at radius 1 is 1.62 bits per heavy atom. The SMILES string of the molecule is CCOC(=O)c1cc(Br)cc(=O)[nH]1. The molecule has 1 rings (SSSR count). The van der Waals surface area contributed by atoms with Crippen LogP contribution in [-0.4, -0.2) is 17.6 Å². The number of carbonyl (C=O) groups excluding carboxylic acids is 1. The van der Waals surface area contributed by atoms with E-state index in [2.05, 4.69) is 20.9 Å². The van der Waals surface area contributed by atoms with E-state index in [-0.39, 0.29) is 17.9 Å². The van der Waals surface area contributed by atoms with E-state index in [0.717, 1.165) is 0 Å². The number of hydrogen-bond acceptors (Lipinski definition) is 3. The van der Waals surface area contributed by atoms with Crippen molar-refractivity contribution in [1.82, 2.24) is 4.98 Å². The number of pyridine rings is 1. The molecule has 0 spiro atoms. The van der Waals surface area contributed by atoms with E-state index < -0.39 is 5.97 Å². The molecule has 0 aliphatic rings. The van der Waals surface area contributed by atoms with Gasteiger partial charge in [0.15, 0.2) is 0 Å². The van der Waals surface area contributed by atoms with Gasteiger partial charge in [0.25, 0.3) is 0 Å². The third-order valence-corrected chi connectivity index (χ3v) is 1.76. The number of halogens is 1. The second-order valence-corrected chi connectivity index (χ2v) is 3.21. The van der Waals surface area contributed by atoms with Gasteiger partial charge < -0.3 is 9.72 Å². The second kappa shape index (κ2) is 4.23. The van der Waals surface area contributed by atoms with Gasteiger partial charge in [0.1, 0.15) is 5.69 Å². The Bertz CT molecular complexity index is 372. The molecule has 70 valence electrons. The number of H-pyrrole nitrogens is 1. The molecule has 1 aromatic heterocycles. The summed E-state index contributed by atoms with van der Waals surface area (Å²) < 4.78 is 5.26. The van der Waals surface area contributed by atoms with E-state index in [1.807, 2.05) is 0 Å². The minimum absolute atomic E-state index is 0.154. The second-order valence-electron chi connectivity index (χ2n) is 2.30. The minimum atomic E-state index is -0.527. The number of esters is 1. The number of aromatic nitrogens is 1. The zero-order valence-corrected chi connectivity index (χ0v) is 8.55. The molecule has 0 saturated carbocycles. The Labute approximate surface area is 83.1 Å². The van der Waals surface area contributed by atoms with Gasteiger partial charge in [-0.3, -0.25) is 4.79 Å². The van der Waals surface area contributed by atoms with E-state index in [1.54, 1.807) is 6.92 Å². The molecule has 5 heteroatoms. The Balaban J connectivity index is 3.01. The maximum Gasteiger partial charge on any atom is 0.354 e. The predicted molar refractivity (Wildman–Crippen MR) is 50.7 cm³/mol. The fraction of sp³-hybridized carbons (Fsp3) is 0.250. The number of carbonyl (C=O) groups is 1. The summed E-state index contributed by atoms with van der Waals surface area (Å²) in [6, 6.07) is 2.84. The van der Waals surface area contributed by atoms with Crippen LogP contribution in [0.1, 0.15) is 17.4 Å². The summed E-state index contributed by atoms with van der Waals surface area (Å²) in [4.78, 5) is 24.4. The lowest BCUT2D eigenvalue weighted by Crippen LogP contribution is -2.14. The van der Waals surface area contributed by atoms with Crippen molar-refractivity contribution < 1.29 is 9.53 Å². The number of aromatic amines is 1. The Hall–Kier alpha value is -1.10. The van der Waals surface area contributed by atoms with E-state index in [0.29, 0.717) is 4.47 Å². The first-order chi connectivity index (χ1) is 6.13. The zero-order chi connectivity index (χ0) is 9.84. The fourth-order valence-electron chi connectivity index (χ4n) is 0.828. The van der Waals surface area contributed by atoms with Crippen LogP contribution in [0.2, 0.25) is 0 Å². The predicted octanol–water partition coefficient (Wildman–Crippen LogP) is 1.31. The topological polar surface area (TPSA) is 59.2 Å². The van der Waals surface area contributed by atoms with Crippen LogP contribution in [0.15, 0.2) is 21.4 Å². The van der Waals surface area contributed by atoms with E-state index in [1.165, 1.54) is 12.1 Å². The normalized spacial score (nSPS) is 9.69. The third-order valence-electron chi connectivity index (χ3n) is 1.30. The van der Waals surface area contributed by atoms with Gasteiger partial charge in [-0.1, -0.05) is 15.9 Å². The van der Waals surface area contributed by atoms with Crippen molar-refractivity contribution in [2.24, 2.45) is 0 Å². The molecule has 0 radical (unpaired) electrons. The number of rotatable bonds is 2. The van der Waals surface area contributed by atoms with Gasteiger partial charge in [0, 0.05) is 10.5 Å². The molecule has 0 amide bonds. The minimum Gasteiger partial charge on any atom is -0.461 e. The molecule has 0 unspecified atom stereocenters. The van der Waals surface area contributed by atoms with Gasteiger partial charge in [-0.05, 0) is 13.0 Å². The summed E-state index contributed by atoms with van der Waals surface area (Å²) in [5, 5.41) is 0. The molecule has 1 heterocycles.